The smallest absolute Gasteiger partial charge is 0.346 e. The highest BCUT2D eigenvalue weighted by Gasteiger charge is 2.44. The molecule has 5 heterocycles. The van der Waals surface area contributed by atoms with Gasteiger partial charge in [0, 0.05) is 71.0 Å². The van der Waals surface area contributed by atoms with Crippen LogP contribution < -0.4 is 15.4 Å². The van der Waals surface area contributed by atoms with E-state index in [-0.39, 0.29) is 62.5 Å². The third-order valence-corrected chi connectivity index (χ3v) is 16.1. The van der Waals surface area contributed by atoms with Crippen molar-refractivity contribution in [3.8, 4) is 0 Å². The minimum Gasteiger partial charge on any atom is -0.346 e. The second kappa shape index (κ2) is 22.9. The minimum absolute atomic E-state index is 0.0284. The molecular weight excluding hydrogens is 1060 g/mol. The number of carbonyl (C=O) groups is 2. The van der Waals surface area contributed by atoms with Crippen molar-refractivity contribution >= 4 is 86.6 Å². The number of hydrogen-bond acceptors (Lipinski definition) is 17. The van der Waals surface area contributed by atoms with Gasteiger partial charge in [0.1, 0.15) is 11.6 Å². The van der Waals surface area contributed by atoms with Crippen LogP contribution in [0.3, 0.4) is 0 Å². The van der Waals surface area contributed by atoms with Crippen molar-refractivity contribution in [1.29, 1.82) is 0 Å². The summed E-state index contributed by atoms with van der Waals surface area (Å²) in [4.78, 5) is 36.9. The maximum Gasteiger partial charge on any atom is 0.425 e. The zero-order valence-electron chi connectivity index (χ0n) is 40.7. The topological polar surface area (TPSA) is 324 Å². The lowest BCUT2D eigenvalue weighted by atomic mass is 9.81. The summed E-state index contributed by atoms with van der Waals surface area (Å²) >= 11 is 0.708. The Kier molecular flexibility index (Phi) is 17.6. The lowest BCUT2D eigenvalue weighted by Gasteiger charge is -2.27. The number of Topliss-reactive ketones (excluding diaryl/α,β-unsaturated/α-hetero) is 1. The molecule has 26 heteroatoms. The summed E-state index contributed by atoms with van der Waals surface area (Å²) in [7, 11) is -16.0. The fourth-order valence-electron chi connectivity index (χ4n) is 8.55. The molecule has 0 saturated carbocycles. The number of aromatic nitrogens is 4. The van der Waals surface area contributed by atoms with Gasteiger partial charge in [-0.05, 0) is 80.4 Å². The fourth-order valence-corrected chi connectivity index (χ4v) is 11.0. The third kappa shape index (κ3) is 13.8. The Morgan fingerprint density at radius 2 is 1.55 bits per heavy atom. The summed E-state index contributed by atoms with van der Waals surface area (Å²) < 4.78 is 118. The molecule has 5 aromatic rings. The van der Waals surface area contributed by atoms with Crippen LogP contribution in [0.15, 0.2) is 118 Å². The van der Waals surface area contributed by atoms with Gasteiger partial charge < -0.3 is 10.2 Å². The summed E-state index contributed by atoms with van der Waals surface area (Å²) in [5.41, 5.74) is 6.16. The van der Waals surface area contributed by atoms with Crippen molar-refractivity contribution in [1.82, 2.24) is 25.5 Å². The van der Waals surface area contributed by atoms with Gasteiger partial charge in [0.15, 0.2) is 11.5 Å². The van der Waals surface area contributed by atoms with E-state index in [4.69, 9.17) is 22.7 Å². The second-order valence-corrected chi connectivity index (χ2v) is 24.3. The van der Waals surface area contributed by atoms with Crippen LogP contribution in [0.1, 0.15) is 102 Å². The number of nitrogens with one attached hydrogen (secondary N) is 1. The number of pyridine rings is 2. The first kappa shape index (κ1) is 56.8. The molecule has 0 spiro atoms. The molecule has 0 bridgehead atoms. The number of nitrogens with two attached hydrogens (primary N) is 1. The molecule has 2 aromatic carbocycles. The average Bonchev–Trinajstić information content (AvgIpc) is 3.95. The molecule has 5 N–H and O–H groups in total. The molecule has 0 aliphatic carbocycles. The molecule has 0 radical (unpaired) electrons. The molecule has 2 aliphatic heterocycles. The minimum atomic E-state index is -4.56. The first-order valence-electron chi connectivity index (χ1n) is 22.7. The number of carbonyl (C=O) groups excluding carboxylic acids is 2. The van der Waals surface area contributed by atoms with E-state index in [9.17, 15) is 43.9 Å². The van der Waals surface area contributed by atoms with E-state index in [0.29, 0.717) is 45.2 Å². The van der Waals surface area contributed by atoms with Crippen LogP contribution in [0.4, 0.5) is 11.4 Å². The highest BCUT2D eigenvalue weighted by atomic mass is 32.2. The van der Waals surface area contributed by atoms with Crippen LogP contribution in [0.5, 0.6) is 0 Å². The van der Waals surface area contributed by atoms with E-state index in [0.717, 1.165) is 30.8 Å². The lowest BCUT2D eigenvalue weighted by molar-refractivity contribution is -0.438. The molecule has 21 nitrogen and oxygen atoms in total. The number of primary sulfonamides is 1. The normalized spacial score (nSPS) is 15.7. The predicted molar refractivity (Wildman–Crippen MR) is 276 cm³/mol. The van der Waals surface area contributed by atoms with E-state index in [1.54, 1.807) is 30.3 Å². The number of fused-ring (bicyclic) bond motifs is 2. The van der Waals surface area contributed by atoms with Gasteiger partial charge in [-0.15, -0.1) is 22.8 Å². The van der Waals surface area contributed by atoms with Crippen molar-refractivity contribution in [2.45, 2.75) is 86.9 Å². The van der Waals surface area contributed by atoms with Crippen LogP contribution >= 0.6 is 11.3 Å². The number of nitrogens with zero attached hydrogens (tertiary/aromatic N) is 6. The summed E-state index contributed by atoms with van der Waals surface area (Å²) in [5.74, 6) is -1.30. The van der Waals surface area contributed by atoms with E-state index in [1.165, 1.54) is 30.1 Å². The Morgan fingerprint density at radius 1 is 0.865 bits per heavy atom. The van der Waals surface area contributed by atoms with E-state index in [1.807, 2.05) is 49.1 Å². The molecule has 1 amide bonds. The van der Waals surface area contributed by atoms with Crippen LogP contribution in [0.2, 0.25) is 0 Å². The summed E-state index contributed by atoms with van der Waals surface area (Å²) in [6.07, 6.45) is 12.4. The largest absolute Gasteiger partial charge is 0.425 e. The van der Waals surface area contributed by atoms with Crippen molar-refractivity contribution in [2.75, 3.05) is 23.7 Å². The summed E-state index contributed by atoms with van der Waals surface area (Å²) in [6.45, 7) is 11.3. The monoisotopic (exact) mass is 1110 g/mol. The number of unbranched alkanes of at least 4 members (excludes halogenated alkanes) is 1. The van der Waals surface area contributed by atoms with Crippen molar-refractivity contribution in [3.63, 3.8) is 0 Å². The third-order valence-electron chi connectivity index (χ3n) is 12.2. The first-order chi connectivity index (χ1) is 34.6. The summed E-state index contributed by atoms with van der Waals surface area (Å²) in [5, 5.41) is 15.3. The number of ketones is 1. The Morgan fingerprint density at radius 3 is 2.16 bits per heavy atom. The molecule has 3 aromatic heterocycles. The van der Waals surface area contributed by atoms with Gasteiger partial charge in [-0.2, -0.15) is 21.4 Å². The number of amides is 1. The number of para-hydroxylation sites is 1. The number of sulfonamides is 1. The second-order valence-electron chi connectivity index (χ2n) is 18.1. The highest BCUT2D eigenvalue weighted by Crippen LogP contribution is 2.49. The predicted octanol–water partition coefficient (Wildman–Crippen LogP) is 5.35. The zero-order chi connectivity index (χ0) is 54.4. The zero-order valence-corrected chi connectivity index (χ0v) is 44.7. The maximum atomic E-state index is 13.4. The van der Waals surface area contributed by atoms with Crippen molar-refractivity contribution in [2.24, 2.45) is 5.14 Å². The van der Waals surface area contributed by atoms with Gasteiger partial charge in [-0.25, -0.2) is 13.6 Å². The Bertz CT molecular complexity index is 3570. The lowest BCUT2D eigenvalue weighted by Crippen LogP contribution is -2.28. The van der Waals surface area contributed by atoms with Gasteiger partial charge in [-0.1, -0.05) is 62.8 Å². The fraction of sp³-hybridized carbons (Fsp3) is 0.312. The number of anilines is 1. The number of rotatable bonds is 19. The van der Waals surface area contributed by atoms with Gasteiger partial charge in [0.25, 0.3) is 36.2 Å². The molecule has 0 atom stereocenters. The number of benzene rings is 2. The molecule has 74 heavy (non-hydrogen) atoms. The maximum absolute atomic E-state index is 13.4. The van der Waals surface area contributed by atoms with Crippen LogP contribution in [-0.4, -0.2) is 108 Å². The molecule has 0 saturated heterocycles. The van der Waals surface area contributed by atoms with Gasteiger partial charge in [-0.3, -0.25) is 28.7 Å². The Hall–Kier alpha value is -6.52. The van der Waals surface area contributed by atoms with Crippen molar-refractivity contribution < 1.29 is 61.2 Å². The van der Waals surface area contributed by atoms with E-state index >= 15 is 0 Å². The molecule has 392 valence electrons. The van der Waals surface area contributed by atoms with Gasteiger partial charge in [0.05, 0.1) is 46.0 Å². The first-order valence-corrected chi connectivity index (χ1v) is 29.1. The Labute approximate surface area is 434 Å². The van der Waals surface area contributed by atoms with E-state index < -0.39 is 57.9 Å². The molecule has 0 unspecified atom stereocenters. The average molecular weight is 1110 g/mol. The number of allylic oxidation sites excluding steroid dienone is 6. The van der Waals surface area contributed by atoms with Gasteiger partial charge in [0.2, 0.25) is 10.0 Å². The Balaban J connectivity index is 0.00000215. The highest BCUT2D eigenvalue weighted by molar-refractivity contribution is 7.91. The number of hydrogen-bond donors (Lipinski definition) is 4. The van der Waals surface area contributed by atoms with Crippen molar-refractivity contribution in [3.05, 3.63) is 148 Å². The van der Waals surface area contributed by atoms with Crippen LogP contribution in [0.25, 0.3) is 5.57 Å². The SMILES string of the molecule is CCCC[N+]1=C(/C=C/C(=C/C=C2/N(CCCS(=O)(=O)O)c3ccc(S(=O)(=O)O)cc3C2(C)C)c2ccc(C(=O)NCc3ccc(C(=O)Cc4nnc(S(N)(=O)=O)s4)cn3)cn2)C(C)(C)c2ccccc21.O=S(=O)=O. The van der Waals surface area contributed by atoms with Crippen LogP contribution in [0, 0.1) is 0 Å². The quantitative estimate of drug-likeness (QED) is 0.0350. The molecule has 7 rings (SSSR count). The standard InChI is InChI=1S/C48H52N8O10S4.O3S/c1-6-7-23-55-39-12-9-8-11-36(39)47(2,3)42(55)21-15-31(16-22-43-48(4,5)37-26-35(70(64,65)66)18-20-40(37)56(43)24-10-25-68(59,60)61)38-19-14-33(29-51-38)45(58)52-30-34-17-13-32(28-50-34)41(57)27-44-53-54-46(67-44)69(49,62)63;1-4(2)3/h8-9,11-22,26,28-29H,6-7,10,23-25,27,30H2,1-5H3,(H4-,49,52,58,59,60,61,62,63,64,65,66);/p+1. The summed E-state index contributed by atoms with van der Waals surface area (Å²) in [6, 6.07) is 19.1. The molecule has 2 aliphatic rings. The molecular formula is C48H53N8O13S5+. The van der Waals surface area contributed by atoms with Crippen LogP contribution in [-0.2, 0) is 64.7 Å². The van der Waals surface area contributed by atoms with E-state index in [2.05, 4.69) is 64.1 Å². The molecule has 0 fully saturated rings. The van der Waals surface area contributed by atoms with Gasteiger partial charge >= 0.3 is 10.6 Å².